The van der Waals surface area contributed by atoms with Crippen molar-refractivity contribution in [3.63, 3.8) is 0 Å². The van der Waals surface area contributed by atoms with Gasteiger partial charge in [0.15, 0.2) is 5.82 Å². The Morgan fingerprint density at radius 1 is 1.56 bits per heavy atom. The normalized spacial score (nSPS) is 20.8. The van der Waals surface area contributed by atoms with Crippen LogP contribution in [-0.4, -0.2) is 35.0 Å². The number of nitrogens with one attached hydrogen (secondary N) is 1. The van der Waals surface area contributed by atoms with Crippen LogP contribution in [0.3, 0.4) is 0 Å². The van der Waals surface area contributed by atoms with E-state index in [9.17, 15) is 4.79 Å². The van der Waals surface area contributed by atoms with Gasteiger partial charge < -0.3 is 10.2 Å². The van der Waals surface area contributed by atoms with Gasteiger partial charge in [0, 0.05) is 13.1 Å². The molecule has 1 saturated heterocycles. The number of halogens is 2. The van der Waals surface area contributed by atoms with E-state index >= 15 is 0 Å². The van der Waals surface area contributed by atoms with E-state index in [2.05, 4.69) is 15.3 Å². The molecule has 0 aromatic carbocycles. The summed E-state index contributed by atoms with van der Waals surface area (Å²) in [6, 6.07) is -0.308. The van der Waals surface area contributed by atoms with Gasteiger partial charge in [0.1, 0.15) is 11.1 Å². The summed E-state index contributed by atoms with van der Waals surface area (Å²) >= 11 is 11.7. The van der Waals surface area contributed by atoms with Gasteiger partial charge in [-0.15, -0.1) is 0 Å². The standard InChI is InChI=1S/C9H10Cl2N4O/c1-5-8(16)12-2-3-15(5)7-6(10)4-13-9(11)14-7/h4-5H,2-3H2,1H3,(H,12,16). The zero-order valence-electron chi connectivity index (χ0n) is 8.57. The van der Waals surface area contributed by atoms with Crippen molar-refractivity contribution in [1.82, 2.24) is 15.3 Å². The van der Waals surface area contributed by atoms with Crippen molar-refractivity contribution in [1.29, 1.82) is 0 Å². The second kappa shape index (κ2) is 4.43. The molecule has 86 valence electrons. The van der Waals surface area contributed by atoms with Crippen LogP contribution in [0.15, 0.2) is 6.20 Å². The monoisotopic (exact) mass is 260 g/mol. The molecule has 1 atom stereocenters. The van der Waals surface area contributed by atoms with Gasteiger partial charge in [0.05, 0.1) is 6.20 Å². The minimum absolute atomic E-state index is 0.0444. The van der Waals surface area contributed by atoms with Gasteiger partial charge in [-0.05, 0) is 18.5 Å². The van der Waals surface area contributed by atoms with E-state index in [1.807, 2.05) is 4.90 Å². The van der Waals surface area contributed by atoms with Crippen LogP contribution in [0.2, 0.25) is 10.3 Å². The summed E-state index contributed by atoms with van der Waals surface area (Å²) in [5, 5.41) is 3.28. The van der Waals surface area contributed by atoms with Gasteiger partial charge in [-0.2, -0.15) is 4.98 Å². The summed E-state index contributed by atoms with van der Waals surface area (Å²) in [6.07, 6.45) is 1.44. The Morgan fingerprint density at radius 3 is 3.06 bits per heavy atom. The molecule has 1 amide bonds. The fourth-order valence-corrected chi connectivity index (χ4v) is 1.94. The van der Waals surface area contributed by atoms with E-state index in [0.717, 1.165) is 0 Å². The van der Waals surface area contributed by atoms with Crippen molar-refractivity contribution in [2.75, 3.05) is 18.0 Å². The van der Waals surface area contributed by atoms with E-state index in [1.165, 1.54) is 6.20 Å². The summed E-state index contributed by atoms with van der Waals surface area (Å²) in [4.78, 5) is 21.1. The first kappa shape index (κ1) is 11.4. The fraction of sp³-hybridized carbons (Fsp3) is 0.444. The molecule has 1 aromatic heterocycles. The van der Waals surface area contributed by atoms with Gasteiger partial charge in [-0.25, -0.2) is 4.98 Å². The van der Waals surface area contributed by atoms with Crippen molar-refractivity contribution < 1.29 is 4.79 Å². The number of hydrogen-bond donors (Lipinski definition) is 1. The van der Waals surface area contributed by atoms with E-state index in [0.29, 0.717) is 23.9 Å². The van der Waals surface area contributed by atoms with Crippen molar-refractivity contribution in [3.05, 3.63) is 16.5 Å². The summed E-state index contributed by atoms with van der Waals surface area (Å²) in [7, 11) is 0. The van der Waals surface area contributed by atoms with E-state index in [1.54, 1.807) is 6.92 Å². The molecule has 0 spiro atoms. The zero-order chi connectivity index (χ0) is 11.7. The second-order valence-electron chi connectivity index (χ2n) is 3.47. The molecule has 16 heavy (non-hydrogen) atoms. The number of hydrogen-bond acceptors (Lipinski definition) is 4. The maximum absolute atomic E-state index is 11.5. The van der Waals surface area contributed by atoms with Gasteiger partial charge in [-0.3, -0.25) is 4.79 Å². The SMILES string of the molecule is CC1C(=O)NCCN1c1nc(Cl)ncc1Cl. The summed E-state index contributed by atoms with van der Waals surface area (Å²) in [6.45, 7) is 3.02. The number of nitrogens with zero attached hydrogens (tertiary/aromatic N) is 3. The highest BCUT2D eigenvalue weighted by atomic mass is 35.5. The quantitative estimate of drug-likeness (QED) is 0.769. The molecule has 5 nitrogen and oxygen atoms in total. The molecule has 0 bridgehead atoms. The van der Waals surface area contributed by atoms with E-state index in [4.69, 9.17) is 23.2 Å². The summed E-state index contributed by atoms with van der Waals surface area (Å²) in [5.41, 5.74) is 0. The maximum Gasteiger partial charge on any atom is 0.242 e. The van der Waals surface area contributed by atoms with E-state index in [-0.39, 0.29) is 17.2 Å². The van der Waals surface area contributed by atoms with Crippen molar-refractivity contribution >= 4 is 34.9 Å². The predicted octanol–water partition coefficient (Wildman–Crippen LogP) is 1.11. The molecule has 2 heterocycles. The number of piperazine rings is 1. The van der Waals surface area contributed by atoms with Gasteiger partial charge in [-0.1, -0.05) is 11.6 Å². The Bertz CT molecular complexity index is 426. The van der Waals surface area contributed by atoms with Crippen LogP contribution in [0.25, 0.3) is 0 Å². The van der Waals surface area contributed by atoms with Crippen LogP contribution >= 0.6 is 23.2 Å². The third-order valence-corrected chi connectivity index (χ3v) is 2.92. The molecule has 7 heteroatoms. The molecule has 1 N–H and O–H groups in total. The highest BCUT2D eigenvalue weighted by Crippen LogP contribution is 2.26. The van der Waals surface area contributed by atoms with Crippen LogP contribution in [0.5, 0.6) is 0 Å². The molecule has 1 aliphatic rings. The van der Waals surface area contributed by atoms with Crippen molar-refractivity contribution in [2.24, 2.45) is 0 Å². The third-order valence-electron chi connectivity index (χ3n) is 2.47. The molecular weight excluding hydrogens is 251 g/mol. The Labute approximate surface area is 103 Å². The van der Waals surface area contributed by atoms with Gasteiger partial charge >= 0.3 is 0 Å². The number of carbonyl (C=O) groups excluding carboxylic acids is 1. The largest absolute Gasteiger partial charge is 0.353 e. The number of amides is 1. The molecule has 1 aromatic rings. The molecule has 0 saturated carbocycles. The molecule has 0 radical (unpaired) electrons. The lowest BCUT2D eigenvalue weighted by Crippen LogP contribution is -2.54. The molecule has 2 rings (SSSR count). The van der Waals surface area contributed by atoms with Gasteiger partial charge in [0.25, 0.3) is 0 Å². The average Bonchev–Trinajstić information content (AvgIpc) is 2.26. The number of rotatable bonds is 1. The van der Waals surface area contributed by atoms with Crippen LogP contribution in [-0.2, 0) is 4.79 Å². The Balaban J connectivity index is 2.35. The lowest BCUT2D eigenvalue weighted by Gasteiger charge is -2.34. The number of aromatic nitrogens is 2. The Hall–Kier alpha value is -1.07. The first-order chi connectivity index (χ1) is 7.59. The molecule has 1 fully saturated rings. The van der Waals surface area contributed by atoms with Crippen LogP contribution in [0.4, 0.5) is 5.82 Å². The van der Waals surface area contributed by atoms with Crippen LogP contribution < -0.4 is 10.2 Å². The van der Waals surface area contributed by atoms with Crippen LogP contribution in [0, 0.1) is 0 Å². The topological polar surface area (TPSA) is 58.1 Å². The Morgan fingerprint density at radius 2 is 2.31 bits per heavy atom. The second-order valence-corrected chi connectivity index (χ2v) is 4.22. The lowest BCUT2D eigenvalue weighted by atomic mass is 10.2. The minimum atomic E-state index is -0.308. The number of anilines is 1. The minimum Gasteiger partial charge on any atom is -0.353 e. The first-order valence-electron chi connectivity index (χ1n) is 4.82. The van der Waals surface area contributed by atoms with Crippen LogP contribution in [0.1, 0.15) is 6.92 Å². The van der Waals surface area contributed by atoms with Crippen molar-refractivity contribution in [3.8, 4) is 0 Å². The predicted molar refractivity (Wildman–Crippen MR) is 61.9 cm³/mol. The number of carbonyl (C=O) groups is 1. The van der Waals surface area contributed by atoms with E-state index < -0.39 is 0 Å². The smallest absolute Gasteiger partial charge is 0.242 e. The molecule has 1 aliphatic heterocycles. The fourth-order valence-electron chi connectivity index (χ4n) is 1.61. The highest BCUT2D eigenvalue weighted by Gasteiger charge is 2.28. The van der Waals surface area contributed by atoms with Crippen molar-refractivity contribution in [2.45, 2.75) is 13.0 Å². The lowest BCUT2D eigenvalue weighted by molar-refractivity contribution is -0.122. The molecule has 1 unspecified atom stereocenters. The highest BCUT2D eigenvalue weighted by molar-refractivity contribution is 6.33. The molecular formula is C9H10Cl2N4O. The maximum atomic E-state index is 11.5. The zero-order valence-corrected chi connectivity index (χ0v) is 10.1. The Kier molecular flexibility index (Phi) is 3.16. The third kappa shape index (κ3) is 2.05. The summed E-state index contributed by atoms with van der Waals surface area (Å²) < 4.78 is 0. The molecule has 0 aliphatic carbocycles. The average molecular weight is 261 g/mol. The summed E-state index contributed by atoms with van der Waals surface area (Å²) in [5.74, 6) is 0.459. The first-order valence-corrected chi connectivity index (χ1v) is 5.57. The van der Waals surface area contributed by atoms with Gasteiger partial charge in [0.2, 0.25) is 11.2 Å².